The van der Waals surface area contributed by atoms with Gasteiger partial charge in [0, 0.05) is 18.0 Å². The second-order valence-electron chi connectivity index (χ2n) is 4.21. The molecular weight excluding hydrogens is 202 g/mol. The molecule has 16 heavy (non-hydrogen) atoms. The van der Waals surface area contributed by atoms with E-state index in [9.17, 15) is 4.79 Å². The van der Waals surface area contributed by atoms with E-state index < -0.39 is 0 Å². The average molecular weight is 219 g/mol. The van der Waals surface area contributed by atoms with E-state index in [0.717, 1.165) is 25.3 Å². The molecule has 0 aromatic heterocycles. The molecule has 0 radical (unpaired) electrons. The molecule has 0 aliphatic carbocycles. The average Bonchev–Trinajstić information content (AvgIpc) is 2.24. The number of aryl methyl sites for hydroxylation is 1. The molecule has 1 fully saturated rings. The van der Waals surface area contributed by atoms with Gasteiger partial charge in [-0.1, -0.05) is 19.1 Å². The summed E-state index contributed by atoms with van der Waals surface area (Å²) in [5, 5.41) is 2.92. The van der Waals surface area contributed by atoms with Crippen molar-refractivity contribution in [1.82, 2.24) is 0 Å². The van der Waals surface area contributed by atoms with Gasteiger partial charge in [-0.15, -0.1) is 0 Å². The number of carbonyl (C=O) groups excluding carboxylic acids is 1. The predicted molar refractivity (Wildman–Crippen MR) is 63.4 cm³/mol. The second-order valence-corrected chi connectivity index (χ2v) is 4.21. The van der Waals surface area contributed by atoms with Crippen LogP contribution in [0.3, 0.4) is 0 Å². The van der Waals surface area contributed by atoms with Gasteiger partial charge in [0.2, 0.25) is 5.91 Å². The van der Waals surface area contributed by atoms with Crippen molar-refractivity contribution in [2.75, 3.05) is 18.5 Å². The summed E-state index contributed by atoms with van der Waals surface area (Å²) < 4.78 is 5.04. The van der Waals surface area contributed by atoms with Gasteiger partial charge in [-0.2, -0.15) is 0 Å². The summed E-state index contributed by atoms with van der Waals surface area (Å²) in [6.45, 7) is 3.55. The summed E-state index contributed by atoms with van der Waals surface area (Å²) in [6, 6.07) is 7.99. The number of carbonyl (C=O) groups is 1. The summed E-state index contributed by atoms with van der Waals surface area (Å²) in [4.78, 5) is 11.6. The number of nitrogens with one attached hydrogen (secondary N) is 1. The van der Waals surface area contributed by atoms with E-state index in [4.69, 9.17) is 4.74 Å². The molecule has 2 rings (SSSR count). The van der Waals surface area contributed by atoms with Crippen molar-refractivity contribution in [3.8, 4) is 0 Å². The van der Waals surface area contributed by atoms with Crippen LogP contribution in [-0.4, -0.2) is 19.1 Å². The monoisotopic (exact) mass is 219 g/mol. The standard InChI is InChI=1S/C13H17NO2/c1-2-10-4-3-5-12(6-10)14-13(15)7-11-8-16-9-11/h3-6,11H,2,7-9H2,1H3,(H,14,15). The largest absolute Gasteiger partial charge is 0.381 e. The third kappa shape index (κ3) is 2.83. The highest BCUT2D eigenvalue weighted by molar-refractivity contribution is 5.90. The lowest BCUT2D eigenvalue weighted by Crippen LogP contribution is -2.31. The number of benzene rings is 1. The zero-order valence-electron chi connectivity index (χ0n) is 9.53. The summed E-state index contributed by atoms with van der Waals surface area (Å²) in [5.41, 5.74) is 2.13. The molecule has 3 nitrogen and oxygen atoms in total. The van der Waals surface area contributed by atoms with Crippen LogP contribution < -0.4 is 5.32 Å². The van der Waals surface area contributed by atoms with Crippen molar-refractivity contribution in [2.24, 2.45) is 5.92 Å². The lowest BCUT2D eigenvalue weighted by atomic mass is 10.0. The number of ether oxygens (including phenoxy) is 1. The zero-order valence-corrected chi connectivity index (χ0v) is 9.53. The molecule has 1 heterocycles. The van der Waals surface area contributed by atoms with Gasteiger partial charge in [-0.05, 0) is 24.1 Å². The SMILES string of the molecule is CCc1cccc(NC(=O)CC2COC2)c1. The first-order valence-corrected chi connectivity index (χ1v) is 5.74. The highest BCUT2D eigenvalue weighted by atomic mass is 16.5. The molecule has 1 aromatic rings. The van der Waals surface area contributed by atoms with Crippen LogP contribution in [-0.2, 0) is 16.0 Å². The van der Waals surface area contributed by atoms with Crippen molar-refractivity contribution in [3.63, 3.8) is 0 Å². The smallest absolute Gasteiger partial charge is 0.224 e. The van der Waals surface area contributed by atoms with Crippen LogP contribution in [0.5, 0.6) is 0 Å². The molecule has 0 unspecified atom stereocenters. The van der Waals surface area contributed by atoms with Crippen LogP contribution in [0.2, 0.25) is 0 Å². The molecule has 1 N–H and O–H groups in total. The molecule has 3 heteroatoms. The Morgan fingerprint density at radius 3 is 2.94 bits per heavy atom. The number of anilines is 1. The fraction of sp³-hybridized carbons (Fsp3) is 0.462. The maximum atomic E-state index is 11.6. The van der Waals surface area contributed by atoms with Gasteiger partial charge in [0.05, 0.1) is 13.2 Å². The molecule has 0 atom stereocenters. The molecule has 1 amide bonds. The van der Waals surface area contributed by atoms with Gasteiger partial charge >= 0.3 is 0 Å². The quantitative estimate of drug-likeness (QED) is 0.843. The third-order valence-electron chi connectivity index (χ3n) is 2.80. The summed E-state index contributed by atoms with van der Waals surface area (Å²) in [6.07, 6.45) is 1.55. The summed E-state index contributed by atoms with van der Waals surface area (Å²) in [5.74, 6) is 0.496. The third-order valence-corrected chi connectivity index (χ3v) is 2.80. The fourth-order valence-electron chi connectivity index (χ4n) is 1.75. The van der Waals surface area contributed by atoms with Crippen LogP contribution in [0.25, 0.3) is 0 Å². The Morgan fingerprint density at radius 1 is 1.50 bits per heavy atom. The van der Waals surface area contributed by atoms with E-state index in [0.29, 0.717) is 12.3 Å². The van der Waals surface area contributed by atoms with E-state index in [-0.39, 0.29) is 5.91 Å². The molecule has 1 aliphatic rings. The van der Waals surface area contributed by atoms with Crippen LogP contribution in [0, 0.1) is 5.92 Å². The Hall–Kier alpha value is -1.35. The normalized spacial score (nSPS) is 15.6. The van der Waals surface area contributed by atoms with Gasteiger partial charge in [-0.25, -0.2) is 0 Å². The van der Waals surface area contributed by atoms with Crippen LogP contribution in [0.4, 0.5) is 5.69 Å². The first-order chi connectivity index (χ1) is 7.78. The minimum absolute atomic E-state index is 0.0848. The number of hydrogen-bond acceptors (Lipinski definition) is 2. The van der Waals surface area contributed by atoms with Crippen molar-refractivity contribution in [1.29, 1.82) is 0 Å². The van der Waals surface area contributed by atoms with Crippen molar-refractivity contribution in [3.05, 3.63) is 29.8 Å². The molecule has 1 saturated heterocycles. The number of hydrogen-bond donors (Lipinski definition) is 1. The fourth-order valence-corrected chi connectivity index (χ4v) is 1.75. The zero-order chi connectivity index (χ0) is 11.4. The molecular formula is C13H17NO2. The number of amides is 1. The lowest BCUT2D eigenvalue weighted by Gasteiger charge is -2.25. The topological polar surface area (TPSA) is 38.3 Å². The lowest BCUT2D eigenvalue weighted by molar-refractivity contribution is -0.121. The maximum Gasteiger partial charge on any atom is 0.224 e. The van der Waals surface area contributed by atoms with Gasteiger partial charge in [0.1, 0.15) is 0 Å². The van der Waals surface area contributed by atoms with Crippen LogP contribution in [0.1, 0.15) is 18.9 Å². The highest BCUT2D eigenvalue weighted by Crippen LogP contribution is 2.16. The van der Waals surface area contributed by atoms with Gasteiger partial charge in [0.15, 0.2) is 0 Å². The molecule has 86 valence electrons. The van der Waals surface area contributed by atoms with Crippen LogP contribution in [0.15, 0.2) is 24.3 Å². The van der Waals surface area contributed by atoms with E-state index >= 15 is 0 Å². The second kappa shape index (κ2) is 5.12. The van der Waals surface area contributed by atoms with Crippen molar-refractivity contribution >= 4 is 11.6 Å². The first kappa shape index (κ1) is 11.1. The van der Waals surface area contributed by atoms with Crippen LogP contribution >= 0.6 is 0 Å². The van der Waals surface area contributed by atoms with E-state index in [2.05, 4.69) is 18.3 Å². The number of rotatable bonds is 4. The minimum Gasteiger partial charge on any atom is -0.381 e. The molecule has 1 aliphatic heterocycles. The Morgan fingerprint density at radius 2 is 2.31 bits per heavy atom. The molecule has 0 bridgehead atoms. The van der Waals surface area contributed by atoms with Crippen molar-refractivity contribution in [2.45, 2.75) is 19.8 Å². The van der Waals surface area contributed by atoms with Gasteiger partial charge < -0.3 is 10.1 Å². The summed E-state index contributed by atoms with van der Waals surface area (Å²) in [7, 11) is 0. The highest BCUT2D eigenvalue weighted by Gasteiger charge is 2.21. The van der Waals surface area contributed by atoms with Gasteiger partial charge in [-0.3, -0.25) is 4.79 Å². The Labute approximate surface area is 95.8 Å². The first-order valence-electron chi connectivity index (χ1n) is 5.74. The van der Waals surface area contributed by atoms with Crippen molar-refractivity contribution < 1.29 is 9.53 Å². The summed E-state index contributed by atoms with van der Waals surface area (Å²) >= 11 is 0. The van der Waals surface area contributed by atoms with E-state index in [1.165, 1.54) is 5.56 Å². The minimum atomic E-state index is 0.0848. The maximum absolute atomic E-state index is 11.6. The Kier molecular flexibility index (Phi) is 3.57. The Balaban J connectivity index is 1.89. The molecule has 0 spiro atoms. The predicted octanol–water partition coefficient (Wildman–Crippen LogP) is 2.22. The Bertz CT molecular complexity index is 372. The van der Waals surface area contributed by atoms with E-state index in [1.807, 2.05) is 18.2 Å². The van der Waals surface area contributed by atoms with Gasteiger partial charge in [0.25, 0.3) is 0 Å². The van der Waals surface area contributed by atoms with E-state index in [1.54, 1.807) is 0 Å². The molecule has 0 saturated carbocycles. The molecule has 1 aromatic carbocycles.